The summed E-state index contributed by atoms with van der Waals surface area (Å²) >= 11 is 7.49. The van der Waals surface area contributed by atoms with Crippen LogP contribution in [-0.4, -0.2) is 44.9 Å². The molecule has 3 aromatic rings. The normalized spacial score (nSPS) is 15.4. The summed E-state index contributed by atoms with van der Waals surface area (Å²) in [4.78, 5) is 15.4. The van der Waals surface area contributed by atoms with Crippen molar-refractivity contribution in [1.82, 2.24) is 19.2 Å². The first-order valence-corrected chi connectivity index (χ1v) is 11.6. The first kappa shape index (κ1) is 21.0. The number of hydrogen-bond acceptors (Lipinski definition) is 6. The molecule has 0 bridgehead atoms. The quantitative estimate of drug-likeness (QED) is 0.400. The van der Waals surface area contributed by atoms with Gasteiger partial charge in [-0.05, 0) is 49.0 Å². The van der Waals surface area contributed by atoms with Gasteiger partial charge in [0.2, 0.25) is 0 Å². The molecule has 0 atom stereocenters. The molecule has 0 N–H and O–H groups in total. The Kier molecular flexibility index (Phi) is 6.76. The standard InChI is InChI=1S/C22H26N4O2S2/c1-2-28-21(27)18-10-12-24(13-11-18)16-26-22(29)25(15-17-7-4-3-5-8-17)20(23-26)19-9-6-14-30-19/h3-9,14,18H,2,10-13,15-16H2,1H3. The van der Waals surface area contributed by atoms with Crippen molar-refractivity contribution in [2.75, 3.05) is 19.7 Å². The average Bonchev–Trinajstić information content (AvgIpc) is 3.40. The number of aromatic nitrogens is 3. The van der Waals surface area contributed by atoms with E-state index >= 15 is 0 Å². The highest BCUT2D eigenvalue weighted by Crippen LogP contribution is 2.25. The number of ether oxygens (including phenoxy) is 1. The van der Waals surface area contributed by atoms with Gasteiger partial charge in [-0.3, -0.25) is 14.3 Å². The summed E-state index contributed by atoms with van der Waals surface area (Å²) in [5, 5.41) is 6.94. The van der Waals surface area contributed by atoms with Gasteiger partial charge in [-0.15, -0.1) is 16.4 Å². The van der Waals surface area contributed by atoms with Crippen LogP contribution in [0.5, 0.6) is 0 Å². The Bertz CT molecular complexity index is 1020. The van der Waals surface area contributed by atoms with Gasteiger partial charge in [-0.1, -0.05) is 36.4 Å². The zero-order chi connectivity index (χ0) is 20.9. The van der Waals surface area contributed by atoms with Crippen molar-refractivity contribution >= 4 is 29.5 Å². The number of rotatable bonds is 7. The maximum atomic E-state index is 12.0. The third-order valence-corrected chi connectivity index (χ3v) is 6.69. The molecule has 0 unspecified atom stereocenters. The minimum atomic E-state index is -0.0686. The van der Waals surface area contributed by atoms with Gasteiger partial charge < -0.3 is 4.74 Å². The van der Waals surface area contributed by atoms with Crippen molar-refractivity contribution in [1.29, 1.82) is 0 Å². The van der Waals surface area contributed by atoms with E-state index in [4.69, 9.17) is 22.1 Å². The number of hydrogen-bond donors (Lipinski definition) is 0. The van der Waals surface area contributed by atoms with Crippen LogP contribution in [0.4, 0.5) is 0 Å². The summed E-state index contributed by atoms with van der Waals surface area (Å²) in [6, 6.07) is 14.4. The smallest absolute Gasteiger partial charge is 0.309 e. The van der Waals surface area contributed by atoms with Gasteiger partial charge in [-0.2, -0.15) is 0 Å². The van der Waals surface area contributed by atoms with E-state index in [1.165, 1.54) is 5.56 Å². The third-order valence-electron chi connectivity index (χ3n) is 5.39. The fourth-order valence-corrected chi connectivity index (χ4v) is 4.76. The number of thiophene rings is 1. The van der Waals surface area contributed by atoms with E-state index in [1.54, 1.807) is 11.3 Å². The van der Waals surface area contributed by atoms with E-state index in [9.17, 15) is 4.79 Å². The number of carbonyl (C=O) groups is 1. The Balaban J connectivity index is 1.52. The fraction of sp³-hybridized carbons (Fsp3) is 0.409. The molecule has 0 amide bonds. The van der Waals surface area contributed by atoms with Crippen LogP contribution in [0, 0.1) is 10.7 Å². The third kappa shape index (κ3) is 4.71. The highest BCUT2D eigenvalue weighted by molar-refractivity contribution is 7.71. The second-order valence-corrected chi connectivity index (χ2v) is 8.75. The van der Waals surface area contributed by atoms with Gasteiger partial charge in [0.25, 0.3) is 0 Å². The lowest BCUT2D eigenvalue weighted by Crippen LogP contribution is -2.38. The van der Waals surface area contributed by atoms with E-state index < -0.39 is 0 Å². The zero-order valence-electron chi connectivity index (χ0n) is 17.1. The Labute approximate surface area is 185 Å². The Morgan fingerprint density at radius 2 is 1.97 bits per heavy atom. The topological polar surface area (TPSA) is 52.3 Å². The molecule has 1 aliphatic rings. The lowest BCUT2D eigenvalue weighted by Gasteiger charge is -2.30. The van der Waals surface area contributed by atoms with Crippen LogP contribution in [0.25, 0.3) is 10.7 Å². The van der Waals surface area contributed by atoms with E-state index in [-0.39, 0.29) is 11.9 Å². The minimum absolute atomic E-state index is 0.00601. The van der Waals surface area contributed by atoms with Gasteiger partial charge in [0, 0.05) is 13.1 Å². The Hall–Kier alpha value is -2.29. The summed E-state index contributed by atoms with van der Waals surface area (Å²) < 4.78 is 9.92. The fourth-order valence-electron chi connectivity index (χ4n) is 3.79. The molecule has 0 saturated carbocycles. The molecule has 0 radical (unpaired) electrons. The van der Waals surface area contributed by atoms with Gasteiger partial charge >= 0.3 is 5.97 Å². The molecule has 3 heterocycles. The van der Waals surface area contributed by atoms with Gasteiger partial charge in [0.05, 0.1) is 30.6 Å². The molecule has 1 fully saturated rings. The molecule has 0 spiro atoms. The monoisotopic (exact) mass is 442 g/mol. The summed E-state index contributed by atoms with van der Waals surface area (Å²) in [6.07, 6.45) is 1.63. The van der Waals surface area contributed by atoms with Crippen molar-refractivity contribution < 1.29 is 9.53 Å². The summed E-state index contributed by atoms with van der Waals surface area (Å²) in [6.45, 7) is 5.30. The second-order valence-electron chi connectivity index (χ2n) is 7.44. The molecular formula is C22H26N4O2S2. The van der Waals surface area contributed by atoms with Crippen molar-refractivity contribution in [2.45, 2.75) is 33.0 Å². The maximum Gasteiger partial charge on any atom is 0.309 e. The van der Waals surface area contributed by atoms with Crippen LogP contribution in [0.3, 0.4) is 0 Å². The molecule has 8 heteroatoms. The number of nitrogens with zero attached hydrogens (tertiary/aromatic N) is 4. The minimum Gasteiger partial charge on any atom is -0.466 e. The lowest BCUT2D eigenvalue weighted by molar-refractivity contribution is -0.149. The average molecular weight is 443 g/mol. The number of likely N-dealkylation sites (tertiary alicyclic amines) is 1. The lowest BCUT2D eigenvalue weighted by atomic mass is 9.97. The van der Waals surface area contributed by atoms with Crippen LogP contribution in [0.2, 0.25) is 0 Å². The number of benzene rings is 1. The van der Waals surface area contributed by atoms with Gasteiger partial charge in [0.1, 0.15) is 0 Å². The van der Waals surface area contributed by atoms with E-state index in [1.807, 2.05) is 35.9 Å². The molecular weight excluding hydrogens is 416 g/mol. The molecule has 1 saturated heterocycles. The SMILES string of the molecule is CCOC(=O)C1CCN(Cn2nc(-c3cccs3)n(Cc3ccccc3)c2=S)CC1. The van der Waals surface area contributed by atoms with Crippen molar-refractivity contribution in [3.8, 4) is 10.7 Å². The molecule has 6 nitrogen and oxygen atoms in total. The zero-order valence-corrected chi connectivity index (χ0v) is 18.7. The molecule has 1 aromatic carbocycles. The number of esters is 1. The number of carbonyl (C=O) groups excluding carboxylic acids is 1. The maximum absolute atomic E-state index is 12.0. The Morgan fingerprint density at radius 3 is 2.63 bits per heavy atom. The number of piperidine rings is 1. The van der Waals surface area contributed by atoms with E-state index in [0.717, 1.165) is 41.4 Å². The molecule has 1 aliphatic heterocycles. The molecule has 158 valence electrons. The van der Waals surface area contributed by atoms with E-state index in [2.05, 4.69) is 33.0 Å². The molecule has 2 aromatic heterocycles. The van der Waals surface area contributed by atoms with Gasteiger partial charge in [0.15, 0.2) is 10.6 Å². The second kappa shape index (κ2) is 9.68. The highest BCUT2D eigenvalue weighted by Gasteiger charge is 2.26. The summed E-state index contributed by atoms with van der Waals surface area (Å²) in [7, 11) is 0. The molecule has 30 heavy (non-hydrogen) atoms. The molecule has 0 aliphatic carbocycles. The van der Waals surface area contributed by atoms with E-state index in [0.29, 0.717) is 19.8 Å². The van der Waals surface area contributed by atoms with Crippen LogP contribution < -0.4 is 0 Å². The van der Waals surface area contributed by atoms with Crippen LogP contribution in [-0.2, 0) is 22.7 Å². The van der Waals surface area contributed by atoms with Crippen LogP contribution >= 0.6 is 23.6 Å². The van der Waals surface area contributed by atoms with Gasteiger partial charge in [-0.25, -0.2) is 4.68 Å². The van der Waals surface area contributed by atoms with Crippen molar-refractivity contribution in [3.63, 3.8) is 0 Å². The molecule has 4 rings (SSSR count). The summed E-state index contributed by atoms with van der Waals surface area (Å²) in [5.41, 5.74) is 1.20. The van der Waals surface area contributed by atoms with Crippen molar-refractivity contribution in [3.05, 3.63) is 58.2 Å². The predicted molar refractivity (Wildman–Crippen MR) is 121 cm³/mol. The van der Waals surface area contributed by atoms with Crippen LogP contribution in [0.1, 0.15) is 25.3 Å². The largest absolute Gasteiger partial charge is 0.466 e. The predicted octanol–water partition coefficient (Wildman–Crippen LogP) is 4.42. The Morgan fingerprint density at radius 1 is 1.20 bits per heavy atom. The van der Waals surface area contributed by atoms with Crippen molar-refractivity contribution in [2.24, 2.45) is 5.92 Å². The van der Waals surface area contributed by atoms with Crippen LogP contribution in [0.15, 0.2) is 47.8 Å². The first-order chi connectivity index (χ1) is 14.7. The highest BCUT2D eigenvalue weighted by atomic mass is 32.1. The first-order valence-electron chi connectivity index (χ1n) is 10.3. The summed E-state index contributed by atoms with van der Waals surface area (Å²) in [5.74, 6) is 0.840.